The molecular formula is C14H18ClNO2. The summed E-state index contributed by atoms with van der Waals surface area (Å²) in [5.74, 6) is -1.21. The number of carbonyl (C=O) groups is 1. The minimum atomic E-state index is -1.38. The summed E-state index contributed by atoms with van der Waals surface area (Å²) < 4.78 is 0. The van der Waals surface area contributed by atoms with Gasteiger partial charge in [0.05, 0.1) is 0 Å². The number of hydrogen-bond donors (Lipinski definition) is 2. The first-order chi connectivity index (χ1) is 8.56. The van der Waals surface area contributed by atoms with E-state index in [0.29, 0.717) is 5.56 Å². The summed E-state index contributed by atoms with van der Waals surface area (Å²) in [6.07, 6.45) is 3.65. The van der Waals surface area contributed by atoms with Crippen LogP contribution in [0.3, 0.4) is 0 Å². The molecule has 4 heteroatoms. The fraction of sp³-hybridized carbons (Fsp3) is 0.500. The maximum absolute atomic E-state index is 11.7. The summed E-state index contributed by atoms with van der Waals surface area (Å²) in [5.41, 5.74) is 5.50. The van der Waals surface area contributed by atoms with Crippen LogP contribution in [-0.2, 0) is 10.3 Å². The Bertz CT molecular complexity index is 423. The van der Waals surface area contributed by atoms with E-state index in [0.717, 1.165) is 25.7 Å². The van der Waals surface area contributed by atoms with Gasteiger partial charge in [0.1, 0.15) is 5.54 Å². The average molecular weight is 268 g/mol. The van der Waals surface area contributed by atoms with Crippen LogP contribution >= 0.6 is 11.6 Å². The van der Waals surface area contributed by atoms with Crippen molar-refractivity contribution >= 4 is 17.6 Å². The third kappa shape index (κ3) is 2.25. The highest BCUT2D eigenvalue weighted by Gasteiger charge is 2.47. The number of aliphatic carboxylic acids is 1. The molecule has 3 nitrogen and oxygen atoms in total. The lowest BCUT2D eigenvalue weighted by molar-refractivity contribution is -0.146. The van der Waals surface area contributed by atoms with E-state index >= 15 is 0 Å². The molecule has 0 bridgehead atoms. The second kappa shape index (κ2) is 5.29. The van der Waals surface area contributed by atoms with E-state index in [1.165, 1.54) is 0 Å². The molecule has 0 spiro atoms. The SMILES string of the molecule is NC(C(=O)O)(c1ccccc1)C1CCCCC1Cl. The molecule has 1 fully saturated rings. The monoisotopic (exact) mass is 267 g/mol. The van der Waals surface area contributed by atoms with Crippen LogP contribution < -0.4 is 5.73 Å². The van der Waals surface area contributed by atoms with Gasteiger partial charge in [0.25, 0.3) is 0 Å². The van der Waals surface area contributed by atoms with Crippen LogP contribution in [0.2, 0.25) is 0 Å². The number of carboxylic acid groups (broad SMARTS) is 1. The summed E-state index contributed by atoms with van der Waals surface area (Å²) in [6.45, 7) is 0. The van der Waals surface area contributed by atoms with E-state index in [1.807, 2.05) is 18.2 Å². The number of alkyl halides is 1. The average Bonchev–Trinajstić information content (AvgIpc) is 2.39. The van der Waals surface area contributed by atoms with E-state index < -0.39 is 11.5 Å². The molecule has 1 aliphatic carbocycles. The van der Waals surface area contributed by atoms with Gasteiger partial charge in [0, 0.05) is 11.3 Å². The van der Waals surface area contributed by atoms with Crippen LogP contribution in [0.4, 0.5) is 0 Å². The van der Waals surface area contributed by atoms with Crippen molar-refractivity contribution in [3.8, 4) is 0 Å². The molecule has 1 saturated carbocycles. The lowest BCUT2D eigenvalue weighted by Crippen LogP contribution is -2.54. The van der Waals surface area contributed by atoms with Gasteiger partial charge in [-0.1, -0.05) is 43.2 Å². The van der Waals surface area contributed by atoms with Crippen molar-refractivity contribution in [3.05, 3.63) is 35.9 Å². The van der Waals surface area contributed by atoms with Gasteiger partial charge < -0.3 is 10.8 Å². The molecule has 0 heterocycles. The van der Waals surface area contributed by atoms with Crippen molar-refractivity contribution in [3.63, 3.8) is 0 Å². The lowest BCUT2D eigenvalue weighted by atomic mass is 9.71. The number of halogens is 1. The third-order valence-electron chi connectivity index (χ3n) is 3.87. The first-order valence-electron chi connectivity index (χ1n) is 6.28. The fourth-order valence-corrected chi connectivity index (χ4v) is 3.29. The normalized spacial score (nSPS) is 27.4. The molecule has 0 saturated heterocycles. The van der Waals surface area contributed by atoms with Crippen LogP contribution in [0.5, 0.6) is 0 Å². The smallest absolute Gasteiger partial charge is 0.328 e. The topological polar surface area (TPSA) is 63.3 Å². The van der Waals surface area contributed by atoms with Gasteiger partial charge in [-0.25, -0.2) is 4.79 Å². The molecule has 1 aromatic rings. The molecule has 18 heavy (non-hydrogen) atoms. The number of hydrogen-bond acceptors (Lipinski definition) is 2. The molecule has 0 aromatic heterocycles. The number of benzene rings is 1. The van der Waals surface area contributed by atoms with E-state index in [9.17, 15) is 9.90 Å². The Morgan fingerprint density at radius 3 is 2.44 bits per heavy atom. The van der Waals surface area contributed by atoms with Gasteiger partial charge >= 0.3 is 5.97 Å². The maximum Gasteiger partial charge on any atom is 0.328 e. The Morgan fingerprint density at radius 1 is 1.28 bits per heavy atom. The Balaban J connectivity index is 2.41. The van der Waals surface area contributed by atoms with Gasteiger partial charge in [-0.3, -0.25) is 0 Å². The number of rotatable bonds is 3. The summed E-state index contributed by atoms with van der Waals surface area (Å²) >= 11 is 6.32. The molecule has 1 aliphatic rings. The van der Waals surface area contributed by atoms with Gasteiger partial charge in [-0.05, 0) is 18.4 Å². The molecule has 0 aliphatic heterocycles. The van der Waals surface area contributed by atoms with E-state index in [-0.39, 0.29) is 11.3 Å². The molecule has 0 amide bonds. The summed E-state index contributed by atoms with van der Waals surface area (Å²) in [6, 6.07) is 9.02. The number of nitrogens with two attached hydrogens (primary N) is 1. The minimum Gasteiger partial charge on any atom is -0.480 e. The van der Waals surface area contributed by atoms with Crippen molar-refractivity contribution in [1.82, 2.24) is 0 Å². The maximum atomic E-state index is 11.7. The van der Waals surface area contributed by atoms with Crippen molar-refractivity contribution < 1.29 is 9.90 Å². The highest BCUT2D eigenvalue weighted by atomic mass is 35.5. The first kappa shape index (κ1) is 13.4. The summed E-state index contributed by atoms with van der Waals surface area (Å²) in [5, 5.41) is 9.41. The van der Waals surface area contributed by atoms with E-state index in [4.69, 9.17) is 17.3 Å². The summed E-state index contributed by atoms with van der Waals surface area (Å²) in [4.78, 5) is 11.7. The van der Waals surface area contributed by atoms with Crippen LogP contribution in [0.15, 0.2) is 30.3 Å². The molecule has 2 rings (SSSR count). The van der Waals surface area contributed by atoms with Gasteiger partial charge in [-0.2, -0.15) is 0 Å². The Hall–Kier alpha value is -1.06. The zero-order valence-corrected chi connectivity index (χ0v) is 10.9. The Labute approximate surface area is 112 Å². The molecule has 3 atom stereocenters. The van der Waals surface area contributed by atoms with E-state index in [1.54, 1.807) is 12.1 Å². The molecule has 3 unspecified atom stereocenters. The van der Waals surface area contributed by atoms with Crippen molar-refractivity contribution in [2.75, 3.05) is 0 Å². The molecule has 1 aromatic carbocycles. The lowest BCUT2D eigenvalue weighted by Gasteiger charge is -2.39. The van der Waals surface area contributed by atoms with E-state index in [2.05, 4.69) is 0 Å². The van der Waals surface area contributed by atoms with Crippen LogP contribution in [0, 0.1) is 5.92 Å². The zero-order chi connectivity index (χ0) is 13.2. The molecule has 0 radical (unpaired) electrons. The highest BCUT2D eigenvalue weighted by molar-refractivity contribution is 6.21. The molecule has 98 valence electrons. The van der Waals surface area contributed by atoms with Gasteiger partial charge in [-0.15, -0.1) is 11.6 Å². The Kier molecular flexibility index (Phi) is 3.93. The second-order valence-electron chi connectivity index (χ2n) is 4.95. The van der Waals surface area contributed by atoms with Crippen molar-refractivity contribution in [2.45, 2.75) is 36.6 Å². The van der Waals surface area contributed by atoms with Crippen LogP contribution in [0.25, 0.3) is 0 Å². The third-order valence-corrected chi connectivity index (χ3v) is 4.39. The predicted octanol–water partition coefficient (Wildman–Crippen LogP) is 2.72. The first-order valence-corrected chi connectivity index (χ1v) is 6.72. The Morgan fingerprint density at radius 2 is 1.89 bits per heavy atom. The van der Waals surface area contributed by atoms with Gasteiger partial charge in [0.2, 0.25) is 0 Å². The fourth-order valence-electron chi connectivity index (χ4n) is 2.81. The van der Waals surface area contributed by atoms with Crippen LogP contribution in [0.1, 0.15) is 31.2 Å². The predicted molar refractivity (Wildman–Crippen MR) is 71.5 cm³/mol. The van der Waals surface area contributed by atoms with Crippen molar-refractivity contribution in [1.29, 1.82) is 0 Å². The highest BCUT2D eigenvalue weighted by Crippen LogP contribution is 2.40. The minimum absolute atomic E-state index is 0.167. The summed E-state index contributed by atoms with van der Waals surface area (Å²) in [7, 11) is 0. The quantitative estimate of drug-likeness (QED) is 0.828. The number of carboxylic acids is 1. The molecular weight excluding hydrogens is 250 g/mol. The molecule has 3 N–H and O–H groups in total. The van der Waals surface area contributed by atoms with Gasteiger partial charge in [0.15, 0.2) is 0 Å². The van der Waals surface area contributed by atoms with Crippen molar-refractivity contribution in [2.24, 2.45) is 11.7 Å². The zero-order valence-electron chi connectivity index (χ0n) is 10.2. The second-order valence-corrected chi connectivity index (χ2v) is 5.51. The largest absolute Gasteiger partial charge is 0.480 e. The van der Waals surface area contributed by atoms with Crippen LogP contribution in [-0.4, -0.2) is 16.5 Å². The standard InChI is InChI=1S/C14H18ClNO2/c15-12-9-5-4-8-11(12)14(16,13(17)18)10-6-2-1-3-7-10/h1-3,6-7,11-12H,4-5,8-9,16H2,(H,17,18).